The highest BCUT2D eigenvalue weighted by molar-refractivity contribution is 5.54. The summed E-state index contributed by atoms with van der Waals surface area (Å²) >= 11 is 0. The van der Waals surface area contributed by atoms with Crippen molar-refractivity contribution < 1.29 is 5.11 Å². The molecule has 0 spiro atoms. The van der Waals surface area contributed by atoms with E-state index >= 15 is 0 Å². The molecular weight excluding hydrogens is 212 g/mol. The monoisotopic (exact) mass is 234 g/mol. The lowest BCUT2D eigenvalue weighted by Gasteiger charge is -2.30. The lowest BCUT2D eigenvalue weighted by molar-refractivity contribution is 0.141. The van der Waals surface area contributed by atoms with E-state index < -0.39 is 0 Å². The summed E-state index contributed by atoms with van der Waals surface area (Å²) in [5.41, 5.74) is 7.61. The van der Waals surface area contributed by atoms with Crippen molar-refractivity contribution in [2.24, 2.45) is 11.8 Å². The fourth-order valence-electron chi connectivity index (χ4n) is 2.69. The van der Waals surface area contributed by atoms with E-state index in [2.05, 4.69) is 5.32 Å². The van der Waals surface area contributed by atoms with Crippen molar-refractivity contribution >= 4 is 11.4 Å². The van der Waals surface area contributed by atoms with Gasteiger partial charge in [0.05, 0.1) is 0 Å². The maximum atomic E-state index is 9.35. The van der Waals surface area contributed by atoms with Crippen LogP contribution in [0.4, 0.5) is 11.4 Å². The van der Waals surface area contributed by atoms with Crippen molar-refractivity contribution in [3.8, 4) is 0 Å². The summed E-state index contributed by atoms with van der Waals surface area (Å²) in [4.78, 5) is 0. The Bertz CT molecular complexity index is 354. The van der Waals surface area contributed by atoms with Crippen LogP contribution >= 0.6 is 0 Å². The Balaban J connectivity index is 1.88. The lowest BCUT2D eigenvalue weighted by atomic mass is 9.79. The molecule has 1 aliphatic carbocycles. The number of hydrogen-bond donors (Lipinski definition) is 3. The summed E-state index contributed by atoms with van der Waals surface area (Å²) in [7, 11) is 0. The second-order valence-electron chi connectivity index (χ2n) is 4.99. The van der Waals surface area contributed by atoms with Crippen LogP contribution in [0, 0.1) is 11.8 Å². The molecule has 2 atom stereocenters. The van der Waals surface area contributed by atoms with E-state index in [-0.39, 0.29) is 0 Å². The van der Waals surface area contributed by atoms with Gasteiger partial charge in [0.25, 0.3) is 0 Å². The Morgan fingerprint density at radius 3 is 2.71 bits per heavy atom. The molecule has 1 aromatic rings. The average molecular weight is 234 g/mol. The number of rotatable bonds is 4. The third-order valence-electron chi connectivity index (χ3n) is 3.76. The summed E-state index contributed by atoms with van der Waals surface area (Å²) in [5.74, 6) is 1.06. The summed E-state index contributed by atoms with van der Waals surface area (Å²) < 4.78 is 0. The van der Waals surface area contributed by atoms with Gasteiger partial charge in [0.15, 0.2) is 0 Å². The van der Waals surface area contributed by atoms with E-state index in [1.807, 2.05) is 24.3 Å². The van der Waals surface area contributed by atoms with Crippen molar-refractivity contribution in [3.63, 3.8) is 0 Å². The molecule has 94 valence electrons. The first-order chi connectivity index (χ1) is 8.29. The summed E-state index contributed by atoms with van der Waals surface area (Å²) in [6.45, 7) is 1.26. The van der Waals surface area contributed by atoms with Crippen molar-refractivity contribution in [2.45, 2.75) is 25.7 Å². The maximum Gasteiger partial charge on any atom is 0.0462 e. The lowest BCUT2D eigenvalue weighted by Crippen LogP contribution is -2.28. The largest absolute Gasteiger partial charge is 0.399 e. The summed E-state index contributed by atoms with van der Waals surface area (Å²) in [6, 6.07) is 7.84. The average Bonchev–Trinajstić information content (AvgIpc) is 2.37. The third kappa shape index (κ3) is 3.37. The highest BCUT2D eigenvalue weighted by atomic mass is 16.3. The van der Waals surface area contributed by atoms with Gasteiger partial charge in [-0.15, -0.1) is 0 Å². The molecule has 3 heteroatoms. The van der Waals surface area contributed by atoms with Crippen molar-refractivity contribution in [1.82, 2.24) is 0 Å². The molecule has 3 nitrogen and oxygen atoms in total. The van der Waals surface area contributed by atoms with Gasteiger partial charge in [-0.1, -0.05) is 18.9 Å². The maximum absolute atomic E-state index is 9.35. The van der Waals surface area contributed by atoms with Gasteiger partial charge >= 0.3 is 0 Å². The molecule has 0 radical (unpaired) electrons. The predicted octanol–water partition coefficient (Wildman–Crippen LogP) is 2.48. The fourth-order valence-corrected chi connectivity index (χ4v) is 2.69. The van der Waals surface area contributed by atoms with Crippen LogP contribution in [0.2, 0.25) is 0 Å². The number of anilines is 2. The van der Waals surface area contributed by atoms with Crippen LogP contribution < -0.4 is 11.1 Å². The Kier molecular flexibility index (Phi) is 4.26. The zero-order chi connectivity index (χ0) is 12.1. The minimum atomic E-state index is 0.323. The molecule has 0 aromatic heterocycles. The molecule has 2 rings (SSSR count). The first kappa shape index (κ1) is 12.2. The SMILES string of the molecule is Nc1cccc(NCC2CCCCC2CO)c1. The highest BCUT2D eigenvalue weighted by Gasteiger charge is 2.23. The minimum absolute atomic E-state index is 0.323. The topological polar surface area (TPSA) is 58.3 Å². The van der Waals surface area contributed by atoms with Crippen molar-refractivity contribution in [2.75, 3.05) is 24.2 Å². The molecule has 17 heavy (non-hydrogen) atoms. The van der Waals surface area contributed by atoms with Gasteiger partial charge in [-0.2, -0.15) is 0 Å². The minimum Gasteiger partial charge on any atom is -0.399 e. The second kappa shape index (κ2) is 5.92. The van der Waals surface area contributed by atoms with Gasteiger partial charge in [-0.3, -0.25) is 0 Å². The molecule has 0 bridgehead atoms. The molecular formula is C14H22N2O. The number of benzene rings is 1. The van der Waals surface area contributed by atoms with Gasteiger partial charge in [-0.25, -0.2) is 0 Å². The van der Waals surface area contributed by atoms with Gasteiger partial charge in [0.1, 0.15) is 0 Å². The Labute approximate surface area is 103 Å². The van der Waals surface area contributed by atoms with Crippen LogP contribution in [0.25, 0.3) is 0 Å². The molecule has 1 saturated carbocycles. The van der Waals surface area contributed by atoms with Crippen LogP contribution in [0.15, 0.2) is 24.3 Å². The first-order valence-corrected chi connectivity index (χ1v) is 6.50. The smallest absolute Gasteiger partial charge is 0.0462 e. The summed E-state index contributed by atoms with van der Waals surface area (Å²) in [6.07, 6.45) is 4.94. The highest BCUT2D eigenvalue weighted by Crippen LogP contribution is 2.29. The van der Waals surface area contributed by atoms with Crippen LogP contribution in [0.1, 0.15) is 25.7 Å². The van der Waals surface area contributed by atoms with Gasteiger partial charge in [0, 0.05) is 24.5 Å². The number of nitrogens with one attached hydrogen (secondary N) is 1. The molecule has 1 aliphatic rings. The van der Waals surface area contributed by atoms with Gasteiger partial charge < -0.3 is 16.2 Å². The normalized spacial score (nSPS) is 24.5. The predicted molar refractivity (Wildman–Crippen MR) is 71.9 cm³/mol. The van der Waals surface area contributed by atoms with Crippen molar-refractivity contribution in [1.29, 1.82) is 0 Å². The quantitative estimate of drug-likeness (QED) is 0.701. The number of aliphatic hydroxyl groups excluding tert-OH is 1. The number of nitrogen functional groups attached to an aromatic ring is 1. The number of hydrogen-bond acceptors (Lipinski definition) is 3. The zero-order valence-corrected chi connectivity index (χ0v) is 10.2. The molecule has 0 heterocycles. The molecule has 4 N–H and O–H groups in total. The summed E-state index contributed by atoms with van der Waals surface area (Å²) in [5, 5.41) is 12.8. The van der Waals surface area contributed by atoms with E-state index in [0.29, 0.717) is 18.4 Å². The van der Waals surface area contributed by atoms with Crippen LogP contribution in [-0.2, 0) is 0 Å². The van der Waals surface area contributed by atoms with E-state index in [1.165, 1.54) is 25.7 Å². The van der Waals surface area contributed by atoms with E-state index in [0.717, 1.165) is 17.9 Å². The molecule has 0 saturated heterocycles. The van der Waals surface area contributed by atoms with Gasteiger partial charge in [-0.05, 0) is 42.9 Å². The Morgan fingerprint density at radius 1 is 1.24 bits per heavy atom. The van der Waals surface area contributed by atoms with E-state index in [4.69, 9.17) is 5.73 Å². The number of nitrogens with two attached hydrogens (primary N) is 1. The van der Waals surface area contributed by atoms with Crippen LogP contribution in [0.3, 0.4) is 0 Å². The van der Waals surface area contributed by atoms with Crippen molar-refractivity contribution in [3.05, 3.63) is 24.3 Å². The molecule has 1 fully saturated rings. The van der Waals surface area contributed by atoms with E-state index in [1.54, 1.807) is 0 Å². The van der Waals surface area contributed by atoms with E-state index in [9.17, 15) is 5.11 Å². The Morgan fingerprint density at radius 2 is 2.00 bits per heavy atom. The third-order valence-corrected chi connectivity index (χ3v) is 3.76. The van der Waals surface area contributed by atoms with Crippen LogP contribution in [0.5, 0.6) is 0 Å². The first-order valence-electron chi connectivity index (χ1n) is 6.50. The Hall–Kier alpha value is -1.22. The molecule has 0 amide bonds. The molecule has 2 unspecified atom stereocenters. The number of aliphatic hydroxyl groups is 1. The van der Waals surface area contributed by atoms with Crippen LogP contribution in [-0.4, -0.2) is 18.3 Å². The molecule has 0 aliphatic heterocycles. The molecule has 1 aromatic carbocycles. The second-order valence-corrected chi connectivity index (χ2v) is 4.99. The standard InChI is InChI=1S/C14H22N2O/c15-13-6-3-7-14(8-13)16-9-11-4-1-2-5-12(11)10-17/h3,6-8,11-12,16-17H,1-2,4-5,9-10,15H2. The zero-order valence-electron chi connectivity index (χ0n) is 10.2. The van der Waals surface area contributed by atoms with Gasteiger partial charge in [0.2, 0.25) is 0 Å². The fraction of sp³-hybridized carbons (Fsp3) is 0.571.